The highest BCUT2D eigenvalue weighted by molar-refractivity contribution is 5.75. The average Bonchev–Trinajstić information content (AvgIpc) is 2.21. The fourth-order valence-electron chi connectivity index (χ4n) is 1.22. The van der Waals surface area contributed by atoms with Gasteiger partial charge in [-0.1, -0.05) is 13.8 Å². The van der Waals surface area contributed by atoms with Crippen LogP contribution in [0.1, 0.15) is 53.4 Å². The molecule has 3 heteroatoms. The lowest BCUT2D eigenvalue weighted by Gasteiger charge is -2.24. The second kappa shape index (κ2) is 7.69. The van der Waals surface area contributed by atoms with Gasteiger partial charge >= 0.3 is 0 Å². The maximum Gasteiger partial charge on any atom is 0.220 e. The molecule has 0 aliphatic heterocycles. The van der Waals surface area contributed by atoms with Gasteiger partial charge in [0.2, 0.25) is 5.91 Å². The van der Waals surface area contributed by atoms with Gasteiger partial charge < -0.3 is 10.1 Å². The molecular formula is C12H25NO2. The Bertz CT molecular complexity index is 178. The summed E-state index contributed by atoms with van der Waals surface area (Å²) in [4.78, 5) is 11.4. The predicted molar refractivity (Wildman–Crippen MR) is 62.9 cm³/mol. The Morgan fingerprint density at radius 3 is 2.47 bits per heavy atom. The fraction of sp³-hybridized carbons (Fsp3) is 0.917. The third kappa shape index (κ3) is 8.43. The molecule has 0 aromatic carbocycles. The van der Waals surface area contributed by atoms with E-state index in [0.29, 0.717) is 6.42 Å². The Morgan fingerprint density at radius 2 is 1.93 bits per heavy atom. The topological polar surface area (TPSA) is 38.3 Å². The Kier molecular flexibility index (Phi) is 7.39. The van der Waals surface area contributed by atoms with Crippen LogP contribution in [0.3, 0.4) is 0 Å². The van der Waals surface area contributed by atoms with Gasteiger partial charge in [-0.15, -0.1) is 0 Å². The minimum Gasteiger partial charge on any atom is -0.376 e. The summed E-state index contributed by atoms with van der Waals surface area (Å²) < 4.78 is 5.65. The monoisotopic (exact) mass is 215 g/mol. The lowest BCUT2D eigenvalue weighted by atomic mass is 10.0. The summed E-state index contributed by atoms with van der Waals surface area (Å²) in [6.45, 7) is 9.75. The molecule has 0 unspecified atom stereocenters. The van der Waals surface area contributed by atoms with Crippen LogP contribution in [0.2, 0.25) is 0 Å². The van der Waals surface area contributed by atoms with Crippen molar-refractivity contribution in [3.05, 3.63) is 0 Å². The fourth-order valence-corrected chi connectivity index (χ4v) is 1.22. The highest BCUT2D eigenvalue weighted by Gasteiger charge is 2.19. The van der Waals surface area contributed by atoms with E-state index in [9.17, 15) is 4.79 Å². The SMILES string of the molecule is CCCNC(=O)CCC(C)(C)OCCC. The zero-order valence-corrected chi connectivity index (χ0v) is 10.6. The predicted octanol–water partition coefficient (Wildman–Crippen LogP) is 2.50. The second-order valence-electron chi connectivity index (χ2n) is 4.46. The number of nitrogens with one attached hydrogen (secondary N) is 1. The molecule has 90 valence electrons. The van der Waals surface area contributed by atoms with Gasteiger partial charge in [-0.2, -0.15) is 0 Å². The standard InChI is InChI=1S/C12H25NO2/c1-5-9-13-11(14)7-8-12(3,4)15-10-6-2/h5-10H2,1-4H3,(H,13,14). The third-order valence-electron chi connectivity index (χ3n) is 2.22. The van der Waals surface area contributed by atoms with E-state index in [4.69, 9.17) is 4.74 Å². The van der Waals surface area contributed by atoms with Crippen LogP contribution in [-0.2, 0) is 9.53 Å². The summed E-state index contributed by atoms with van der Waals surface area (Å²) in [5, 5.41) is 2.87. The summed E-state index contributed by atoms with van der Waals surface area (Å²) >= 11 is 0. The maximum atomic E-state index is 11.4. The molecule has 15 heavy (non-hydrogen) atoms. The first kappa shape index (κ1) is 14.4. The molecule has 0 aliphatic carbocycles. The van der Waals surface area contributed by atoms with E-state index < -0.39 is 0 Å². The highest BCUT2D eigenvalue weighted by atomic mass is 16.5. The third-order valence-corrected chi connectivity index (χ3v) is 2.22. The smallest absolute Gasteiger partial charge is 0.220 e. The molecule has 0 saturated heterocycles. The van der Waals surface area contributed by atoms with Crippen LogP contribution >= 0.6 is 0 Å². The average molecular weight is 215 g/mol. The Morgan fingerprint density at radius 1 is 1.27 bits per heavy atom. The number of carbonyl (C=O) groups excluding carboxylic acids is 1. The zero-order chi connectivity index (χ0) is 11.7. The molecule has 0 aromatic rings. The molecule has 0 radical (unpaired) electrons. The first-order valence-corrected chi connectivity index (χ1v) is 5.92. The Labute approximate surface area is 93.6 Å². The lowest BCUT2D eigenvalue weighted by Crippen LogP contribution is -2.30. The summed E-state index contributed by atoms with van der Waals surface area (Å²) in [5.74, 6) is 0.130. The van der Waals surface area contributed by atoms with Gasteiger partial charge in [0.25, 0.3) is 0 Å². The zero-order valence-electron chi connectivity index (χ0n) is 10.6. The van der Waals surface area contributed by atoms with E-state index in [1.54, 1.807) is 0 Å². The van der Waals surface area contributed by atoms with Gasteiger partial charge in [0, 0.05) is 19.6 Å². The van der Waals surface area contributed by atoms with Crippen LogP contribution in [0, 0.1) is 0 Å². The quantitative estimate of drug-likeness (QED) is 0.675. The van der Waals surface area contributed by atoms with Crippen molar-refractivity contribution in [1.82, 2.24) is 5.32 Å². The minimum atomic E-state index is -0.181. The van der Waals surface area contributed by atoms with E-state index in [1.165, 1.54) is 0 Å². The normalized spacial score (nSPS) is 11.5. The first-order chi connectivity index (χ1) is 7.02. The molecule has 0 saturated carbocycles. The number of carbonyl (C=O) groups is 1. The number of hydrogen-bond acceptors (Lipinski definition) is 2. The molecule has 0 heterocycles. The number of ether oxygens (including phenoxy) is 1. The van der Waals surface area contributed by atoms with Gasteiger partial charge in [-0.05, 0) is 33.1 Å². The van der Waals surface area contributed by atoms with Crippen LogP contribution < -0.4 is 5.32 Å². The van der Waals surface area contributed by atoms with Crippen LogP contribution in [0.25, 0.3) is 0 Å². The molecule has 0 aliphatic rings. The van der Waals surface area contributed by atoms with Crippen molar-refractivity contribution < 1.29 is 9.53 Å². The molecule has 3 nitrogen and oxygen atoms in total. The first-order valence-electron chi connectivity index (χ1n) is 5.92. The van der Waals surface area contributed by atoms with Crippen LogP contribution in [-0.4, -0.2) is 24.7 Å². The van der Waals surface area contributed by atoms with Gasteiger partial charge in [-0.25, -0.2) is 0 Å². The van der Waals surface area contributed by atoms with Crippen molar-refractivity contribution in [3.8, 4) is 0 Å². The lowest BCUT2D eigenvalue weighted by molar-refractivity contribution is -0.122. The van der Waals surface area contributed by atoms with Crippen LogP contribution in [0.15, 0.2) is 0 Å². The Balaban J connectivity index is 3.67. The molecular weight excluding hydrogens is 190 g/mol. The van der Waals surface area contributed by atoms with E-state index in [2.05, 4.69) is 19.2 Å². The largest absolute Gasteiger partial charge is 0.376 e. The maximum absolute atomic E-state index is 11.4. The molecule has 0 fully saturated rings. The van der Waals surface area contributed by atoms with E-state index in [0.717, 1.165) is 32.4 Å². The number of rotatable bonds is 8. The summed E-state index contributed by atoms with van der Waals surface area (Å²) in [6.07, 6.45) is 3.34. The van der Waals surface area contributed by atoms with Crippen molar-refractivity contribution in [3.63, 3.8) is 0 Å². The van der Waals surface area contributed by atoms with Gasteiger partial charge in [-0.3, -0.25) is 4.79 Å². The summed E-state index contributed by atoms with van der Waals surface area (Å²) in [6, 6.07) is 0. The van der Waals surface area contributed by atoms with Gasteiger partial charge in [0.1, 0.15) is 0 Å². The van der Waals surface area contributed by atoms with Crippen molar-refractivity contribution in [2.45, 2.75) is 59.0 Å². The summed E-state index contributed by atoms with van der Waals surface area (Å²) in [7, 11) is 0. The molecule has 0 bridgehead atoms. The molecule has 1 N–H and O–H groups in total. The highest BCUT2D eigenvalue weighted by Crippen LogP contribution is 2.16. The molecule has 0 spiro atoms. The van der Waals surface area contributed by atoms with Crippen molar-refractivity contribution in [1.29, 1.82) is 0 Å². The number of amides is 1. The van der Waals surface area contributed by atoms with Crippen LogP contribution in [0.5, 0.6) is 0 Å². The van der Waals surface area contributed by atoms with Crippen molar-refractivity contribution in [2.24, 2.45) is 0 Å². The Hall–Kier alpha value is -0.570. The second-order valence-corrected chi connectivity index (χ2v) is 4.46. The summed E-state index contributed by atoms with van der Waals surface area (Å²) in [5.41, 5.74) is -0.181. The van der Waals surface area contributed by atoms with Crippen LogP contribution in [0.4, 0.5) is 0 Å². The minimum absolute atomic E-state index is 0.130. The van der Waals surface area contributed by atoms with E-state index in [-0.39, 0.29) is 11.5 Å². The van der Waals surface area contributed by atoms with E-state index in [1.807, 2.05) is 13.8 Å². The number of hydrogen-bond donors (Lipinski definition) is 1. The molecule has 0 aromatic heterocycles. The molecule has 1 amide bonds. The van der Waals surface area contributed by atoms with Gasteiger partial charge in [0.05, 0.1) is 5.60 Å². The molecule has 0 atom stereocenters. The van der Waals surface area contributed by atoms with E-state index >= 15 is 0 Å². The molecule has 0 rings (SSSR count). The van der Waals surface area contributed by atoms with Gasteiger partial charge in [0.15, 0.2) is 0 Å². The van der Waals surface area contributed by atoms with Crippen molar-refractivity contribution in [2.75, 3.05) is 13.2 Å². The van der Waals surface area contributed by atoms with Crippen molar-refractivity contribution >= 4 is 5.91 Å².